The van der Waals surface area contributed by atoms with Crippen LogP contribution in [-0.2, 0) is 17.9 Å². The highest BCUT2D eigenvalue weighted by molar-refractivity contribution is 7.13. The number of nitrogens with one attached hydrogen (secondary N) is 1. The number of hydrogen-bond donors (Lipinski definition) is 1. The fourth-order valence-electron chi connectivity index (χ4n) is 1.46. The Hall–Kier alpha value is -1.50. The molecule has 0 atom stereocenters. The van der Waals surface area contributed by atoms with E-state index in [9.17, 15) is 0 Å². The smallest absolute Gasteiger partial charge is 0.294 e. The topological polar surface area (TPSA) is 56.3 Å². The highest BCUT2D eigenvalue weighted by Crippen LogP contribution is 2.18. The third-order valence-corrected chi connectivity index (χ3v) is 3.25. The second-order valence-corrected chi connectivity index (χ2v) is 4.93. The van der Waals surface area contributed by atoms with Crippen molar-refractivity contribution in [2.45, 2.75) is 13.2 Å². The summed E-state index contributed by atoms with van der Waals surface area (Å²) in [4.78, 5) is 0. The second kappa shape index (κ2) is 7.83. The zero-order valence-corrected chi connectivity index (χ0v) is 11.7. The van der Waals surface area contributed by atoms with Crippen molar-refractivity contribution in [1.82, 2.24) is 15.5 Å². The van der Waals surface area contributed by atoms with E-state index in [2.05, 4.69) is 15.5 Å². The molecular weight excluding hydrogens is 262 g/mol. The molecule has 2 rings (SSSR count). The molecule has 2 aromatic rings. The lowest BCUT2D eigenvalue weighted by Crippen LogP contribution is -2.18. The van der Waals surface area contributed by atoms with Gasteiger partial charge in [-0.3, -0.25) is 0 Å². The fraction of sp³-hybridized carbons (Fsp3) is 0.385. The fourth-order valence-corrected chi connectivity index (χ4v) is 2.11. The van der Waals surface area contributed by atoms with Gasteiger partial charge < -0.3 is 14.8 Å². The number of benzene rings is 1. The van der Waals surface area contributed by atoms with Crippen LogP contribution in [0.3, 0.4) is 0 Å². The molecule has 0 saturated carbocycles. The molecule has 1 heterocycles. The average Bonchev–Trinajstić information content (AvgIpc) is 2.91. The molecule has 5 nitrogen and oxygen atoms in total. The summed E-state index contributed by atoms with van der Waals surface area (Å²) >= 11 is 1.46. The van der Waals surface area contributed by atoms with E-state index in [4.69, 9.17) is 9.47 Å². The van der Waals surface area contributed by atoms with Crippen LogP contribution in [-0.4, -0.2) is 30.5 Å². The maximum Gasteiger partial charge on any atom is 0.294 e. The van der Waals surface area contributed by atoms with Gasteiger partial charge in [-0.2, -0.15) is 0 Å². The molecule has 102 valence electrons. The molecule has 6 heteroatoms. The summed E-state index contributed by atoms with van der Waals surface area (Å²) in [6, 6.07) is 10.0. The van der Waals surface area contributed by atoms with Crippen LogP contribution < -0.4 is 10.1 Å². The van der Waals surface area contributed by atoms with E-state index in [1.54, 1.807) is 7.11 Å². The van der Waals surface area contributed by atoms with Crippen LogP contribution in [0.2, 0.25) is 0 Å². The molecule has 0 radical (unpaired) electrons. The predicted molar refractivity (Wildman–Crippen MR) is 74.3 cm³/mol. The molecular formula is C13H17N3O2S. The maximum absolute atomic E-state index is 5.59. The molecule has 0 saturated heterocycles. The van der Waals surface area contributed by atoms with E-state index in [0.29, 0.717) is 25.0 Å². The molecule has 0 spiro atoms. The second-order valence-electron chi connectivity index (χ2n) is 3.91. The largest absolute Gasteiger partial charge is 0.464 e. The molecule has 0 aliphatic rings. The Bertz CT molecular complexity index is 476. The number of rotatable bonds is 8. The normalized spacial score (nSPS) is 10.6. The molecule has 0 unspecified atom stereocenters. The number of aromatic nitrogens is 2. The van der Waals surface area contributed by atoms with Crippen LogP contribution in [0.5, 0.6) is 5.19 Å². The zero-order chi connectivity index (χ0) is 13.3. The molecule has 19 heavy (non-hydrogen) atoms. The Morgan fingerprint density at radius 1 is 1.21 bits per heavy atom. The van der Waals surface area contributed by atoms with Crippen LogP contribution in [0.15, 0.2) is 30.3 Å². The highest BCUT2D eigenvalue weighted by atomic mass is 32.1. The SMILES string of the molecule is COCCNCc1nnc(OCc2ccccc2)s1. The Kier molecular flexibility index (Phi) is 5.74. The molecule has 0 aliphatic heterocycles. The van der Waals surface area contributed by atoms with Crippen molar-refractivity contribution >= 4 is 11.3 Å². The van der Waals surface area contributed by atoms with Crippen LogP contribution in [0.1, 0.15) is 10.6 Å². The van der Waals surface area contributed by atoms with E-state index in [1.165, 1.54) is 11.3 Å². The van der Waals surface area contributed by atoms with Gasteiger partial charge in [0.25, 0.3) is 5.19 Å². The summed E-state index contributed by atoms with van der Waals surface area (Å²) in [6.45, 7) is 2.70. The Balaban J connectivity index is 1.74. The number of ether oxygens (including phenoxy) is 2. The van der Waals surface area contributed by atoms with Crippen molar-refractivity contribution < 1.29 is 9.47 Å². The number of methoxy groups -OCH3 is 1. The Morgan fingerprint density at radius 3 is 2.84 bits per heavy atom. The van der Waals surface area contributed by atoms with Crippen molar-refractivity contribution in [3.8, 4) is 5.19 Å². The van der Waals surface area contributed by atoms with Crippen molar-refractivity contribution in [3.05, 3.63) is 40.9 Å². The zero-order valence-electron chi connectivity index (χ0n) is 10.8. The lowest BCUT2D eigenvalue weighted by molar-refractivity contribution is 0.199. The Morgan fingerprint density at radius 2 is 2.05 bits per heavy atom. The lowest BCUT2D eigenvalue weighted by Gasteiger charge is -2.01. The van der Waals surface area contributed by atoms with Gasteiger partial charge >= 0.3 is 0 Å². The van der Waals surface area contributed by atoms with E-state index < -0.39 is 0 Å². The first-order valence-electron chi connectivity index (χ1n) is 6.07. The van der Waals surface area contributed by atoms with E-state index in [1.807, 2.05) is 30.3 Å². The number of hydrogen-bond acceptors (Lipinski definition) is 6. The van der Waals surface area contributed by atoms with E-state index >= 15 is 0 Å². The first-order valence-corrected chi connectivity index (χ1v) is 6.89. The van der Waals surface area contributed by atoms with Gasteiger partial charge in [-0.05, 0) is 5.56 Å². The summed E-state index contributed by atoms with van der Waals surface area (Å²) in [6.07, 6.45) is 0. The molecule has 1 N–H and O–H groups in total. The van der Waals surface area contributed by atoms with Crippen LogP contribution in [0.25, 0.3) is 0 Å². The molecule has 0 fully saturated rings. The van der Waals surface area contributed by atoms with Gasteiger partial charge in [0, 0.05) is 20.2 Å². The van der Waals surface area contributed by atoms with Crippen LogP contribution >= 0.6 is 11.3 Å². The summed E-state index contributed by atoms with van der Waals surface area (Å²) in [7, 11) is 1.68. The van der Waals surface area contributed by atoms with Gasteiger partial charge in [-0.25, -0.2) is 0 Å². The molecule has 1 aromatic carbocycles. The van der Waals surface area contributed by atoms with Gasteiger partial charge in [0.1, 0.15) is 11.6 Å². The lowest BCUT2D eigenvalue weighted by atomic mass is 10.2. The van der Waals surface area contributed by atoms with E-state index in [-0.39, 0.29) is 0 Å². The van der Waals surface area contributed by atoms with Crippen LogP contribution in [0.4, 0.5) is 0 Å². The summed E-state index contributed by atoms with van der Waals surface area (Å²) in [5.74, 6) is 0. The minimum Gasteiger partial charge on any atom is -0.464 e. The van der Waals surface area contributed by atoms with Crippen molar-refractivity contribution in [1.29, 1.82) is 0 Å². The standard InChI is InChI=1S/C13H17N3O2S/c1-17-8-7-14-9-12-15-16-13(19-12)18-10-11-5-3-2-4-6-11/h2-6,14H,7-10H2,1H3. The Labute approximate surface area is 116 Å². The monoisotopic (exact) mass is 279 g/mol. The quantitative estimate of drug-likeness (QED) is 0.747. The highest BCUT2D eigenvalue weighted by Gasteiger charge is 2.04. The first-order chi connectivity index (χ1) is 9.38. The third-order valence-electron chi connectivity index (χ3n) is 2.41. The number of nitrogens with zero attached hydrogens (tertiary/aromatic N) is 2. The van der Waals surface area contributed by atoms with Crippen molar-refractivity contribution in [3.63, 3.8) is 0 Å². The van der Waals surface area contributed by atoms with Gasteiger partial charge in [-0.1, -0.05) is 46.8 Å². The van der Waals surface area contributed by atoms with Gasteiger partial charge in [0.2, 0.25) is 0 Å². The average molecular weight is 279 g/mol. The maximum atomic E-state index is 5.59. The minimum absolute atomic E-state index is 0.520. The summed E-state index contributed by atoms with van der Waals surface area (Å²) in [5, 5.41) is 12.8. The first kappa shape index (κ1) is 13.9. The van der Waals surface area contributed by atoms with Crippen molar-refractivity contribution in [2.75, 3.05) is 20.3 Å². The summed E-state index contributed by atoms with van der Waals surface area (Å²) < 4.78 is 10.5. The van der Waals surface area contributed by atoms with Gasteiger partial charge in [0.05, 0.1) is 6.61 Å². The van der Waals surface area contributed by atoms with E-state index in [0.717, 1.165) is 17.1 Å². The molecule has 0 bridgehead atoms. The van der Waals surface area contributed by atoms with Crippen LogP contribution in [0, 0.1) is 0 Å². The molecule has 0 aliphatic carbocycles. The molecule has 0 amide bonds. The summed E-state index contributed by atoms with van der Waals surface area (Å²) in [5.41, 5.74) is 1.12. The molecule has 1 aromatic heterocycles. The predicted octanol–water partition coefficient (Wildman–Crippen LogP) is 1.85. The third kappa shape index (κ3) is 4.94. The van der Waals surface area contributed by atoms with Gasteiger partial charge in [-0.15, -0.1) is 5.10 Å². The van der Waals surface area contributed by atoms with Crippen molar-refractivity contribution in [2.24, 2.45) is 0 Å². The minimum atomic E-state index is 0.520. The van der Waals surface area contributed by atoms with Gasteiger partial charge in [0.15, 0.2) is 0 Å².